The van der Waals surface area contributed by atoms with Crippen molar-refractivity contribution >= 4 is 22.8 Å². The number of nitrogens with zero attached hydrogens (tertiary/aromatic N) is 3. The maximum atomic E-state index is 11.8. The van der Waals surface area contributed by atoms with Crippen LogP contribution in [0.2, 0.25) is 0 Å². The fraction of sp³-hybridized carbons (Fsp3) is 0.370. The van der Waals surface area contributed by atoms with Crippen molar-refractivity contribution in [1.82, 2.24) is 14.5 Å². The number of hydrogen-bond acceptors (Lipinski definition) is 4. The molecule has 0 saturated heterocycles. The Labute approximate surface area is 194 Å². The Balaban J connectivity index is 1.70. The van der Waals surface area contributed by atoms with Crippen LogP contribution in [0.15, 0.2) is 54.1 Å². The van der Waals surface area contributed by atoms with Crippen molar-refractivity contribution in [3.8, 4) is 11.3 Å². The minimum atomic E-state index is -1.11. The topological polar surface area (TPSA) is 80.0 Å². The lowest BCUT2D eigenvalue weighted by molar-refractivity contribution is 0.0684. The number of aryl methyl sites for hydroxylation is 1. The molecular weight excluding hydrogens is 412 g/mol. The summed E-state index contributed by atoms with van der Waals surface area (Å²) in [6.45, 7) is 4.93. The molecule has 1 saturated carbocycles. The predicted octanol–water partition coefficient (Wildman–Crippen LogP) is 5.98. The highest BCUT2D eigenvalue weighted by atomic mass is 16.4. The number of allylic oxidation sites excluding steroid dienone is 4. The summed E-state index contributed by atoms with van der Waals surface area (Å²) in [5, 5.41) is 13.2. The first-order valence-electron chi connectivity index (χ1n) is 11.8. The molecule has 1 atom stereocenters. The fourth-order valence-corrected chi connectivity index (χ4v) is 4.81. The van der Waals surface area contributed by atoms with Gasteiger partial charge in [-0.1, -0.05) is 48.4 Å². The van der Waals surface area contributed by atoms with Crippen LogP contribution in [-0.4, -0.2) is 31.7 Å². The van der Waals surface area contributed by atoms with Crippen molar-refractivity contribution in [3.05, 3.63) is 65.5 Å². The van der Waals surface area contributed by atoms with Gasteiger partial charge in [0.15, 0.2) is 5.82 Å². The first kappa shape index (κ1) is 21.4. The van der Waals surface area contributed by atoms with Crippen LogP contribution in [0.1, 0.15) is 55.2 Å². The van der Waals surface area contributed by atoms with E-state index < -0.39 is 5.97 Å². The molecular formula is C27H30N4O2. The predicted molar refractivity (Wildman–Crippen MR) is 132 cm³/mol. The molecule has 2 aliphatic carbocycles. The molecule has 2 aliphatic rings. The molecule has 0 amide bonds. The number of aromatic carboxylic acids is 1. The lowest BCUT2D eigenvalue weighted by Gasteiger charge is -2.32. The van der Waals surface area contributed by atoms with Gasteiger partial charge in [-0.3, -0.25) is 0 Å². The number of nitrogens with one attached hydrogen (secondary N) is 1. The van der Waals surface area contributed by atoms with Gasteiger partial charge in [0.2, 0.25) is 5.82 Å². The minimum Gasteiger partial charge on any atom is -0.475 e. The summed E-state index contributed by atoms with van der Waals surface area (Å²) in [7, 11) is 0. The van der Waals surface area contributed by atoms with E-state index in [-0.39, 0.29) is 11.9 Å². The zero-order valence-corrected chi connectivity index (χ0v) is 19.2. The van der Waals surface area contributed by atoms with Gasteiger partial charge in [-0.05, 0) is 68.7 Å². The Kier molecular flexibility index (Phi) is 5.75. The average Bonchev–Trinajstić information content (AvgIpc) is 3.11. The number of aromatic nitrogens is 3. The van der Waals surface area contributed by atoms with Gasteiger partial charge >= 0.3 is 5.97 Å². The third-order valence-electron chi connectivity index (χ3n) is 6.88. The van der Waals surface area contributed by atoms with E-state index in [1.165, 1.54) is 30.4 Å². The number of benzene rings is 1. The number of hydrogen-bond donors (Lipinski definition) is 2. The highest BCUT2D eigenvalue weighted by molar-refractivity contribution is 5.95. The van der Waals surface area contributed by atoms with Crippen LogP contribution < -0.4 is 5.32 Å². The molecule has 3 aromatic rings. The monoisotopic (exact) mass is 442 g/mol. The summed E-state index contributed by atoms with van der Waals surface area (Å²) in [5.74, 6) is -0.0856. The SMILES string of the molecule is Cc1cccc(-c2cc3nc(C(=O)O)nc(N[C@H](C)C4CCC4)c3n2CC2=CCCC=C2)c1. The summed E-state index contributed by atoms with van der Waals surface area (Å²) in [6.07, 6.45) is 12.4. The molecule has 0 bridgehead atoms. The van der Waals surface area contributed by atoms with Crippen LogP contribution in [-0.2, 0) is 6.54 Å². The largest absolute Gasteiger partial charge is 0.475 e. The molecule has 0 spiro atoms. The van der Waals surface area contributed by atoms with Crippen molar-refractivity contribution in [2.75, 3.05) is 5.32 Å². The Bertz CT molecular complexity index is 1270. The molecule has 2 aromatic heterocycles. The molecule has 0 aliphatic heterocycles. The maximum absolute atomic E-state index is 11.8. The van der Waals surface area contributed by atoms with Gasteiger partial charge in [0.05, 0.1) is 11.2 Å². The fourth-order valence-electron chi connectivity index (χ4n) is 4.81. The maximum Gasteiger partial charge on any atom is 0.374 e. The van der Waals surface area contributed by atoms with E-state index in [1.807, 2.05) is 6.07 Å². The quantitative estimate of drug-likeness (QED) is 0.470. The van der Waals surface area contributed by atoms with Crippen LogP contribution >= 0.6 is 0 Å². The first-order valence-corrected chi connectivity index (χ1v) is 11.8. The highest BCUT2D eigenvalue weighted by Gasteiger charge is 2.27. The second-order valence-corrected chi connectivity index (χ2v) is 9.30. The molecule has 1 fully saturated rings. The lowest BCUT2D eigenvalue weighted by Crippen LogP contribution is -2.31. The third kappa shape index (κ3) is 4.30. The van der Waals surface area contributed by atoms with E-state index >= 15 is 0 Å². The van der Waals surface area contributed by atoms with Crippen LogP contribution in [0.25, 0.3) is 22.3 Å². The number of carbonyl (C=O) groups is 1. The molecule has 6 heteroatoms. The van der Waals surface area contributed by atoms with Gasteiger partial charge in [-0.25, -0.2) is 14.8 Å². The summed E-state index contributed by atoms with van der Waals surface area (Å²) >= 11 is 0. The van der Waals surface area contributed by atoms with Crippen LogP contribution in [0, 0.1) is 12.8 Å². The van der Waals surface area contributed by atoms with Crippen LogP contribution in [0.3, 0.4) is 0 Å². The average molecular weight is 443 g/mol. The van der Waals surface area contributed by atoms with Gasteiger partial charge in [0.1, 0.15) is 5.52 Å². The van der Waals surface area contributed by atoms with Gasteiger partial charge in [-0.2, -0.15) is 0 Å². The summed E-state index contributed by atoms with van der Waals surface area (Å²) in [5.41, 5.74) is 6.04. The molecule has 6 nitrogen and oxygen atoms in total. The van der Waals surface area contributed by atoms with Gasteiger partial charge < -0.3 is 15.0 Å². The van der Waals surface area contributed by atoms with E-state index in [9.17, 15) is 9.90 Å². The second-order valence-electron chi connectivity index (χ2n) is 9.30. The van der Waals surface area contributed by atoms with Crippen molar-refractivity contribution in [3.63, 3.8) is 0 Å². The normalized spacial score (nSPS) is 17.0. The Morgan fingerprint density at radius 1 is 1.24 bits per heavy atom. The second kappa shape index (κ2) is 8.85. The molecule has 170 valence electrons. The highest BCUT2D eigenvalue weighted by Crippen LogP contribution is 2.35. The van der Waals surface area contributed by atoms with Gasteiger partial charge in [0, 0.05) is 12.6 Å². The third-order valence-corrected chi connectivity index (χ3v) is 6.88. The number of carboxylic acids is 1. The van der Waals surface area contributed by atoms with E-state index in [0.717, 1.165) is 29.6 Å². The number of carboxylic acid groups (broad SMARTS) is 1. The number of rotatable bonds is 7. The minimum absolute atomic E-state index is 0.171. The van der Waals surface area contributed by atoms with Gasteiger partial charge in [-0.15, -0.1) is 0 Å². The molecule has 0 unspecified atom stereocenters. The van der Waals surface area contributed by atoms with Crippen LogP contribution in [0.4, 0.5) is 5.82 Å². The van der Waals surface area contributed by atoms with Crippen LogP contribution in [0.5, 0.6) is 0 Å². The number of fused-ring (bicyclic) bond motifs is 1. The molecule has 1 aromatic carbocycles. The molecule has 2 N–H and O–H groups in total. The lowest BCUT2D eigenvalue weighted by atomic mass is 9.80. The van der Waals surface area contributed by atoms with Gasteiger partial charge in [0.25, 0.3) is 0 Å². The smallest absolute Gasteiger partial charge is 0.374 e. The molecule has 0 radical (unpaired) electrons. The summed E-state index contributed by atoms with van der Waals surface area (Å²) < 4.78 is 2.24. The Morgan fingerprint density at radius 2 is 2.09 bits per heavy atom. The van der Waals surface area contributed by atoms with E-state index in [2.05, 4.69) is 76.2 Å². The molecule has 33 heavy (non-hydrogen) atoms. The Hall–Kier alpha value is -3.41. The zero-order chi connectivity index (χ0) is 22.9. The summed E-state index contributed by atoms with van der Waals surface area (Å²) in [4.78, 5) is 20.7. The first-order chi connectivity index (χ1) is 16.0. The zero-order valence-electron chi connectivity index (χ0n) is 19.2. The van der Waals surface area contributed by atoms with Crippen molar-refractivity contribution in [2.24, 2.45) is 5.92 Å². The molecule has 5 rings (SSSR count). The molecule has 2 heterocycles. The van der Waals surface area contributed by atoms with Crippen molar-refractivity contribution < 1.29 is 9.90 Å². The standard InChI is InChI=1S/C27H30N4O2/c1-17-8-6-13-21(14-17)23-15-22-24(31(23)16-19-9-4-3-5-10-19)25(30-26(29-22)27(32)33)28-18(2)20-11-7-12-20/h4,6,8-10,13-15,18,20H,3,5,7,11-12,16H2,1-2H3,(H,32,33)(H,28,29,30)/t18-/m1/s1. The van der Waals surface area contributed by atoms with E-state index in [4.69, 9.17) is 0 Å². The number of anilines is 1. The Morgan fingerprint density at radius 3 is 2.76 bits per heavy atom. The van der Waals surface area contributed by atoms with E-state index in [0.29, 0.717) is 23.8 Å². The van der Waals surface area contributed by atoms with Crippen molar-refractivity contribution in [1.29, 1.82) is 0 Å². The summed E-state index contributed by atoms with van der Waals surface area (Å²) in [6, 6.07) is 10.6. The van der Waals surface area contributed by atoms with E-state index in [1.54, 1.807) is 0 Å². The van der Waals surface area contributed by atoms with Crippen molar-refractivity contribution in [2.45, 2.75) is 58.5 Å².